The molecule has 2 atom stereocenters. The lowest BCUT2D eigenvalue weighted by Crippen LogP contribution is -2.45. The van der Waals surface area contributed by atoms with Crippen LogP contribution in [0.4, 0.5) is 0 Å². The van der Waals surface area contributed by atoms with Crippen molar-refractivity contribution < 1.29 is 4.12 Å². The summed E-state index contributed by atoms with van der Waals surface area (Å²) < 4.78 is 6.57. The summed E-state index contributed by atoms with van der Waals surface area (Å²) in [7, 11) is -3.29. The van der Waals surface area contributed by atoms with Crippen molar-refractivity contribution >= 4 is 27.0 Å². The van der Waals surface area contributed by atoms with Crippen LogP contribution in [0.3, 0.4) is 0 Å². The second-order valence-corrected chi connectivity index (χ2v) is 15.3. The molecule has 3 heteroatoms. The van der Waals surface area contributed by atoms with Crippen LogP contribution in [0.15, 0.2) is 24.3 Å². The second kappa shape index (κ2) is 3.51. The maximum absolute atomic E-state index is 6.57. The highest BCUT2D eigenvalue weighted by Crippen LogP contribution is 2.45. The zero-order valence-corrected chi connectivity index (χ0v) is 14.3. The number of hydrogen-bond donors (Lipinski definition) is 0. The largest absolute Gasteiger partial charge is 0.449 e. The first-order valence-electron chi connectivity index (χ1n) is 7.46. The molecule has 1 nitrogen and oxygen atoms in total. The van der Waals surface area contributed by atoms with Crippen LogP contribution in [0.5, 0.6) is 0 Å². The van der Waals surface area contributed by atoms with E-state index < -0.39 is 16.6 Å². The van der Waals surface area contributed by atoms with Crippen molar-refractivity contribution in [1.82, 2.24) is 0 Å². The Morgan fingerprint density at radius 2 is 1.26 bits per heavy atom. The molecular formula is C16H22OSi2. The van der Waals surface area contributed by atoms with E-state index in [4.69, 9.17) is 4.12 Å². The second-order valence-electron chi connectivity index (χ2n) is 7.32. The van der Waals surface area contributed by atoms with Crippen LogP contribution in [0.25, 0.3) is 0 Å². The zero-order chi connectivity index (χ0) is 13.4. The molecule has 1 aromatic rings. The van der Waals surface area contributed by atoms with E-state index in [1.807, 2.05) is 0 Å². The molecule has 0 aromatic heterocycles. The molecule has 1 heterocycles. The summed E-state index contributed by atoms with van der Waals surface area (Å²) in [5, 5.41) is 3.20. The molecule has 0 N–H and O–H groups in total. The molecule has 4 aliphatic rings. The van der Waals surface area contributed by atoms with Crippen molar-refractivity contribution in [2.24, 2.45) is 0 Å². The van der Waals surface area contributed by atoms with Crippen LogP contribution < -0.4 is 10.4 Å². The fourth-order valence-corrected chi connectivity index (χ4v) is 14.6. The lowest BCUT2D eigenvalue weighted by atomic mass is 9.72. The quantitative estimate of drug-likeness (QED) is 0.526. The van der Waals surface area contributed by atoms with Gasteiger partial charge in [-0.25, -0.2) is 0 Å². The minimum Gasteiger partial charge on any atom is -0.449 e. The summed E-state index contributed by atoms with van der Waals surface area (Å²) >= 11 is 0. The summed E-state index contributed by atoms with van der Waals surface area (Å²) in [6, 6.07) is 5.08. The smallest absolute Gasteiger partial charge is 0.206 e. The predicted molar refractivity (Wildman–Crippen MR) is 85.6 cm³/mol. The minimum atomic E-state index is -1.65. The third-order valence-corrected chi connectivity index (χ3v) is 12.9. The van der Waals surface area contributed by atoms with Gasteiger partial charge < -0.3 is 4.12 Å². The fraction of sp³-hybridized carbons (Fsp3) is 0.500. The minimum absolute atomic E-state index is 0.681. The van der Waals surface area contributed by atoms with Crippen molar-refractivity contribution in [2.75, 3.05) is 0 Å². The summed E-state index contributed by atoms with van der Waals surface area (Å²) in [5.41, 5.74) is 3.24. The number of allylic oxidation sites excluding steroid dienone is 2. The van der Waals surface area contributed by atoms with Gasteiger partial charge in [-0.1, -0.05) is 24.3 Å². The molecule has 2 unspecified atom stereocenters. The van der Waals surface area contributed by atoms with E-state index in [9.17, 15) is 0 Å². The SMILES string of the molecule is C[Si]1(C)O[Si](C)(C)c2cc3c(cc21)C1C=CC3CC1. The van der Waals surface area contributed by atoms with Gasteiger partial charge in [-0.05, 0) is 60.5 Å². The first-order chi connectivity index (χ1) is 8.88. The van der Waals surface area contributed by atoms with E-state index in [0.717, 1.165) is 0 Å². The van der Waals surface area contributed by atoms with Gasteiger partial charge in [0, 0.05) is 11.8 Å². The molecule has 3 aliphatic carbocycles. The third kappa shape index (κ3) is 1.55. The Bertz CT molecular complexity index is 550. The van der Waals surface area contributed by atoms with Gasteiger partial charge in [-0.15, -0.1) is 0 Å². The molecule has 0 saturated carbocycles. The number of rotatable bonds is 0. The van der Waals surface area contributed by atoms with E-state index in [-0.39, 0.29) is 0 Å². The monoisotopic (exact) mass is 286 g/mol. The van der Waals surface area contributed by atoms with E-state index >= 15 is 0 Å². The van der Waals surface area contributed by atoms with E-state index in [1.54, 1.807) is 21.5 Å². The molecule has 100 valence electrons. The lowest BCUT2D eigenvalue weighted by molar-refractivity contribution is 0.554. The average molecular weight is 287 g/mol. The molecule has 1 aliphatic heterocycles. The first-order valence-corrected chi connectivity index (χ1v) is 13.3. The van der Waals surface area contributed by atoms with Gasteiger partial charge in [-0.2, -0.15) is 0 Å². The molecule has 0 saturated heterocycles. The molecule has 0 fully saturated rings. The van der Waals surface area contributed by atoms with Gasteiger partial charge >= 0.3 is 0 Å². The van der Waals surface area contributed by atoms with Gasteiger partial charge in [0.15, 0.2) is 0 Å². The van der Waals surface area contributed by atoms with Crippen molar-refractivity contribution in [2.45, 2.75) is 50.9 Å². The molecule has 2 bridgehead atoms. The summed E-state index contributed by atoms with van der Waals surface area (Å²) in [5.74, 6) is 1.36. The molecule has 19 heavy (non-hydrogen) atoms. The summed E-state index contributed by atoms with van der Waals surface area (Å²) in [4.78, 5) is 0. The molecular weight excluding hydrogens is 264 g/mol. The maximum Gasteiger partial charge on any atom is 0.206 e. The Labute approximate surface area is 117 Å². The van der Waals surface area contributed by atoms with Crippen LogP contribution in [-0.2, 0) is 4.12 Å². The van der Waals surface area contributed by atoms with Gasteiger partial charge in [0.2, 0.25) is 16.6 Å². The lowest BCUT2D eigenvalue weighted by Gasteiger charge is -2.34. The van der Waals surface area contributed by atoms with Crippen molar-refractivity contribution in [3.63, 3.8) is 0 Å². The van der Waals surface area contributed by atoms with Gasteiger partial charge in [0.05, 0.1) is 0 Å². The Kier molecular flexibility index (Phi) is 2.24. The number of hydrogen-bond acceptors (Lipinski definition) is 1. The van der Waals surface area contributed by atoms with Crippen molar-refractivity contribution in [1.29, 1.82) is 0 Å². The molecule has 0 spiro atoms. The summed E-state index contributed by atoms with van der Waals surface area (Å²) in [6.45, 7) is 9.49. The molecule has 0 amide bonds. The van der Waals surface area contributed by atoms with Crippen LogP contribution >= 0.6 is 0 Å². The molecule has 5 rings (SSSR count). The normalized spacial score (nSPS) is 32.2. The van der Waals surface area contributed by atoms with Crippen LogP contribution in [0, 0.1) is 0 Å². The van der Waals surface area contributed by atoms with Crippen molar-refractivity contribution in [3.05, 3.63) is 35.4 Å². The standard InChI is InChI=1S/C16H22OSi2/c1-18(2)15-9-13-11-5-7-12(8-6-11)14(13)10-16(15)19(3,4)17-18/h5,7,9-12H,6,8H2,1-4H3. The van der Waals surface area contributed by atoms with Gasteiger partial charge in [0.25, 0.3) is 0 Å². The van der Waals surface area contributed by atoms with Crippen LogP contribution in [-0.4, -0.2) is 16.6 Å². The molecule has 0 radical (unpaired) electrons. The number of fused-ring (bicyclic) bond motifs is 2. The first kappa shape index (κ1) is 12.1. The Balaban J connectivity index is 1.98. The Hall–Kier alpha value is -0.646. The third-order valence-electron chi connectivity index (χ3n) is 5.19. The fourth-order valence-electron chi connectivity index (χ4n) is 4.36. The van der Waals surface area contributed by atoms with Gasteiger partial charge in [0.1, 0.15) is 0 Å². The van der Waals surface area contributed by atoms with E-state index in [0.29, 0.717) is 11.8 Å². The summed E-state index contributed by atoms with van der Waals surface area (Å²) in [6.07, 6.45) is 7.57. The highest BCUT2D eigenvalue weighted by Gasteiger charge is 2.47. The van der Waals surface area contributed by atoms with E-state index in [2.05, 4.69) is 50.5 Å². The topological polar surface area (TPSA) is 9.23 Å². The highest BCUT2D eigenvalue weighted by molar-refractivity contribution is 7.05. The average Bonchev–Trinajstić information content (AvgIpc) is 2.55. The molecule has 1 aromatic carbocycles. The van der Waals surface area contributed by atoms with Crippen molar-refractivity contribution in [3.8, 4) is 0 Å². The van der Waals surface area contributed by atoms with E-state index in [1.165, 1.54) is 12.8 Å². The zero-order valence-electron chi connectivity index (χ0n) is 12.3. The highest BCUT2D eigenvalue weighted by atomic mass is 28.4. The van der Waals surface area contributed by atoms with Gasteiger partial charge in [-0.3, -0.25) is 0 Å². The Morgan fingerprint density at radius 3 is 1.63 bits per heavy atom. The maximum atomic E-state index is 6.57. The van der Waals surface area contributed by atoms with Crippen LogP contribution in [0.2, 0.25) is 26.2 Å². The van der Waals surface area contributed by atoms with Crippen LogP contribution in [0.1, 0.15) is 35.8 Å². The number of benzene rings is 1. The predicted octanol–water partition coefficient (Wildman–Crippen LogP) is 3.07. The Morgan fingerprint density at radius 1 is 0.842 bits per heavy atom.